The Morgan fingerprint density at radius 1 is 1.13 bits per heavy atom. The maximum atomic E-state index is 12.5. The van der Waals surface area contributed by atoms with Crippen LogP contribution in [0.1, 0.15) is 27.3 Å². The van der Waals surface area contributed by atoms with E-state index in [1.807, 2.05) is 36.6 Å². The van der Waals surface area contributed by atoms with E-state index in [1.54, 1.807) is 30.3 Å². The van der Waals surface area contributed by atoms with E-state index in [0.29, 0.717) is 16.8 Å². The zero-order valence-electron chi connectivity index (χ0n) is 17.3. The topological polar surface area (TPSA) is 104 Å². The molecule has 7 nitrogen and oxygen atoms in total. The number of carbonyl (C=O) groups excluding carboxylic acids is 2. The predicted molar refractivity (Wildman–Crippen MR) is 117 cm³/mol. The molecular formula is C24H21N3O4. The second kappa shape index (κ2) is 9.01. The lowest BCUT2D eigenvalue weighted by molar-refractivity contribution is -0.112. The summed E-state index contributed by atoms with van der Waals surface area (Å²) in [4.78, 5) is 24.4. The molecule has 0 aliphatic heterocycles. The minimum Gasteiger partial charge on any atom is -0.508 e. The number of aryl methyl sites for hydroxylation is 1. The van der Waals surface area contributed by atoms with Crippen LogP contribution in [0.3, 0.4) is 0 Å². The van der Waals surface area contributed by atoms with Gasteiger partial charge in [0.1, 0.15) is 17.4 Å². The fraction of sp³-hybridized carbons (Fsp3) is 0.125. The average Bonchev–Trinajstić information content (AvgIpc) is 3.05. The summed E-state index contributed by atoms with van der Waals surface area (Å²) in [5.74, 6) is -0.898. The first-order valence-corrected chi connectivity index (χ1v) is 9.44. The molecule has 156 valence electrons. The molecule has 0 spiro atoms. The fourth-order valence-electron chi connectivity index (χ4n) is 3.27. The molecule has 1 heterocycles. The van der Waals surface area contributed by atoms with Gasteiger partial charge in [-0.3, -0.25) is 4.79 Å². The van der Waals surface area contributed by atoms with Crippen LogP contribution in [-0.2, 0) is 9.53 Å². The number of aromatic hydroxyl groups is 1. The van der Waals surface area contributed by atoms with Crippen LogP contribution in [0.5, 0.6) is 5.75 Å². The van der Waals surface area contributed by atoms with E-state index in [2.05, 4.69) is 5.32 Å². The number of nitrogens with one attached hydrogen (secondary N) is 1. The van der Waals surface area contributed by atoms with Gasteiger partial charge >= 0.3 is 5.97 Å². The van der Waals surface area contributed by atoms with E-state index in [-0.39, 0.29) is 11.3 Å². The molecule has 0 saturated carbocycles. The van der Waals surface area contributed by atoms with E-state index in [1.165, 1.54) is 25.3 Å². The summed E-state index contributed by atoms with van der Waals surface area (Å²) in [5.41, 5.74) is 4.00. The number of rotatable bonds is 5. The number of nitriles is 1. The molecule has 0 radical (unpaired) electrons. The highest BCUT2D eigenvalue weighted by molar-refractivity contribution is 6.09. The Hall–Kier alpha value is -4.31. The smallest absolute Gasteiger partial charge is 0.337 e. The fourth-order valence-corrected chi connectivity index (χ4v) is 3.27. The van der Waals surface area contributed by atoms with Gasteiger partial charge in [-0.05, 0) is 74.0 Å². The standard InChI is InChI=1S/C24H21N3O4/c1-15-11-18(12-19(14-25)23(29)26-20-7-9-22(28)10-8-20)16(2)27(15)21-6-4-5-17(13-21)24(30)31-3/h4-13,28H,1-3H3,(H,26,29). The van der Waals surface area contributed by atoms with Gasteiger partial charge in [0.25, 0.3) is 5.91 Å². The lowest BCUT2D eigenvalue weighted by Crippen LogP contribution is -2.13. The number of methoxy groups -OCH3 is 1. The Kier molecular flexibility index (Phi) is 6.22. The SMILES string of the molecule is COC(=O)c1cccc(-n2c(C)cc(C=C(C#N)C(=O)Nc3ccc(O)cc3)c2C)c1. The Bertz CT molecular complexity index is 1210. The van der Waals surface area contributed by atoms with E-state index < -0.39 is 11.9 Å². The molecule has 1 amide bonds. The lowest BCUT2D eigenvalue weighted by atomic mass is 10.1. The highest BCUT2D eigenvalue weighted by atomic mass is 16.5. The van der Waals surface area contributed by atoms with Crippen LogP contribution in [0.2, 0.25) is 0 Å². The summed E-state index contributed by atoms with van der Waals surface area (Å²) in [5, 5.41) is 21.5. The van der Waals surface area contributed by atoms with E-state index in [9.17, 15) is 20.0 Å². The number of anilines is 1. The van der Waals surface area contributed by atoms with Gasteiger partial charge in [0.05, 0.1) is 12.7 Å². The first-order valence-electron chi connectivity index (χ1n) is 9.44. The second-order valence-electron chi connectivity index (χ2n) is 6.87. The summed E-state index contributed by atoms with van der Waals surface area (Å²) in [6, 6.07) is 16.8. The summed E-state index contributed by atoms with van der Waals surface area (Å²) >= 11 is 0. The quantitative estimate of drug-likeness (QED) is 0.282. The van der Waals surface area contributed by atoms with Crippen molar-refractivity contribution in [1.29, 1.82) is 5.26 Å². The van der Waals surface area contributed by atoms with Crippen molar-refractivity contribution in [2.24, 2.45) is 0 Å². The maximum absolute atomic E-state index is 12.5. The molecule has 3 aromatic rings. The zero-order valence-corrected chi connectivity index (χ0v) is 17.3. The van der Waals surface area contributed by atoms with Gasteiger partial charge in [0, 0.05) is 22.8 Å². The zero-order chi connectivity index (χ0) is 22.5. The van der Waals surface area contributed by atoms with Gasteiger partial charge in [-0.15, -0.1) is 0 Å². The number of aromatic nitrogens is 1. The van der Waals surface area contributed by atoms with Crippen LogP contribution in [-0.4, -0.2) is 28.7 Å². The number of hydrogen-bond donors (Lipinski definition) is 2. The van der Waals surface area contributed by atoms with Crippen LogP contribution in [0, 0.1) is 25.2 Å². The molecule has 0 aliphatic carbocycles. The Morgan fingerprint density at radius 3 is 2.48 bits per heavy atom. The number of phenolic OH excluding ortho intramolecular Hbond substituents is 1. The van der Waals surface area contributed by atoms with Crippen molar-refractivity contribution in [3.05, 3.63) is 82.7 Å². The van der Waals surface area contributed by atoms with Crippen molar-refractivity contribution in [2.45, 2.75) is 13.8 Å². The number of hydrogen-bond acceptors (Lipinski definition) is 5. The number of benzene rings is 2. The first-order chi connectivity index (χ1) is 14.8. The molecule has 0 bridgehead atoms. The van der Waals surface area contributed by atoms with Crippen molar-refractivity contribution in [3.63, 3.8) is 0 Å². The minimum atomic E-state index is -0.550. The van der Waals surface area contributed by atoms with E-state index >= 15 is 0 Å². The summed E-state index contributed by atoms with van der Waals surface area (Å²) < 4.78 is 6.73. The molecule has 3 rings (SSSR count). The van der Waals surface area contributed by atoms with Crippen LogP contribution < -0.4 is 5.32 Å². The molecule has 2 N–H and O–H groups in total. The average molecular weight is 415 g/mol. The van der Waals surface area contributed by atoms with Gasteiger partial charge in [-0.1, -0.05) is 6.07 Å². The van der Waals surface area contributed by atoms with Crippen LogP contribution in [0.25, 0.3) is 11.8 Å². The molecule has 7 heteroatoms. The van der Waals surface area contributed by atoms with E-state index in [0.717, 1.165) is 17.1 Å². The van der Waals surface area contributed by atoms with Gasteiger partial charge in [0.2, 0.25) is 0 Å². The largest absolute Gasteiger partial charge is 0.508 e. The first kappa shape index (κ1) is 21.4. The monoisotopic (exact) mass is 415 g/mol. The Morgan fingerprint density at radius 2 is 1.84 bits per heavy atom. The van der Waals surface area contributed by atoms with Crippen molar-refractivity contribution in [2.75, 3.05) is 12.4 Å². The normalized spacial score (nSPS) is 11.0. The lowest BCUT2D eigenvalue weighted by Gasteiger charge is -2.11. The number of nitrogens with zero attached hydrogens (tertiary/aromatic N) is 2. The van der Waals surface area contributed by atoms with Crippen LogP contribution in [0.15, 0.2) is 60.2 Å². The number of amides is 1. The number of phenols is 1. The van der Waals surface area contributed by atoms with Gasteiger partial charge in [-0.25, -0.2) is 4.79 Å². The third-order valence-electron chi connectivity index (χ3n) is 4.79. The molecule has 0 unspecified atom stereocenters. The predicted octanol–water partition coefficient (Wildman–Crippen LogP) is 4.13. The van der Waals surface area contributed by atoms with Crippen LogP contribution >= 0.6 is 0 Å². The van der Waals surface area contributed by atoms with Crippen molar-refractivity contribution in [1.82, 2.24) is 4.57 Å². The second-order valence-corrected chi connectivity index (χ2v) is 6.87. The van der Waals surface area contributed by atoms with Crippen molar-refractivity contribution in [3.8, 4) is 17.5 Å². The van der Waals surface area contributed by atoms with E-state index in [4.69, 9.17) is 4.74 Å². The summed E-state index contributed by atoms with van der Waals surface area (Å²) in [6.45, 7) is 3.77. The molecule has 0 fully saturated rings. The molecule has 31 heavy (non-hydrogen) atoms. The molecule has 0 saturated heterocycles. The summed E-state index contributed by atoms with van der Waals surface area (Å²) in [7, 11) is 1.33. The van der Waals surface area contributed by atoms with Crippen molar-refractivity contribution < 1.29 is 19.4 Å². The Labute approximate surface area is 179 Å². The molecule has 2 aromatic carbocycles. The third kappa shape index (κ3) is 4.65. The van der Waals surface area contributed by atoms with Crippen molar-refractivity contribution >= 4 is 23.6 Å². The van der Waals surface area contributed by atoms with Crippen LogP contribution in [0.4, 0.5) is 5.69 Å². The summed E-state index contributed by atoms with van der Waals surface area (Å²) in [6.07, 6.45) is 1.53. The van der Waals surface area contributed by atoms with Gasteiger partial charge in [-0.2, -0.15) is 5.26 Å². The molecular weight excluding hydrogens is 394 g/mol. The van der Waals surface area contributed by atoms with Gasteiger partial charge in [0.15, 0.2) is 0 Å². The highest BCUT2D eigenvalue weighted by Gasteiger charge is 2.15. The molecule has 1 aromatic heterocycles. The number of carbonyl (C=O) groups is 2. The minimum absolute atomic E-state index is 0.0587. The third-order valence-corrected chi connectivity index (χ3v) is 4.79. The Balaban J connectivity index is 1.94. The molecule has 0 aliphatic rings. The van der Waals surface area contributed by atoms with Gasteiger partial charge < -0.3 is 19.7 Å². The number of esters is 1. The number of ether oxygens (including phenoxy) is 1. The highest BCUT2D eigenvalue weighted by Crippen LogP contribution is 2.24. The maximum Gasteiger partial charge on any atom is 0.337 e. The molecule has 0 atom stereocenters.